The zero-order valence-electron chi connectivity index (χ0n) is 11.2. The first-order valence-corrected chi connectivity index (χ1v) is 7.24. The molecule has 2 rings (SSSR count). The van der Waals surface area contributed by atoms with Crippen molar-refractivity contribution in [2.45, 2.75) is 24.3 Å². The fraction of sp³-hybridized carbons (Fsp3) is 0.545. The van der Waals surface area contributed by atoms with Crippen molar-refractivity contribution in [1.29, 1.82) is 0 Å². The molecule has 2 heterocycles. The van der Waals surface area contributed by atoms with Gasteiger partial charge in [-0.1, -0.05) is 0 Å². The summed E-state index contributed by atoms with van der Waals surface area (Å²) in [6.45, 7) is 2.15. The third kappa shape index (κ3) is 2.98. The lowest BCUT2D eigenvalue weighted by atomic mass is 10.3. The van der Waals surface area contributed by atoms with Crippen molar-refractivity contribution in [1.82, 2.24) is 4.31 Å². The van der Waals surface area contributed by atoms with Gasteiger partial charge in [0.1, 0.15) is 10.7 Å². The van der Waals surface area contributed by atoms with Crippen LogP contribution in [0.15, 0.2) is 15.4 Å². The van der Waals surface area contributed by atoms with Gasteiger partial charge in [0.2, 0.25) is 15.8 Å². The average Bonchev–Trinajstić information content (AvgIpc) is 2.95. The Labute approximate surface area is 123 Å². The molecule has 0 unspecified atom stereocenters. The number of carbonyl (C=O) groups is 1. The summed E-state index contributed by atoms with van der Waals surface area (Å²) in [4.78, 5) is 11.3. The van der Waals surface area contributed by atoms with Crippen molar-refractivity contribution in [2.24, 2.45) is 5.73 Å². The summed E-state index contributed by atoms with van der Waals surface area (Å²) in [5.41, 5.74) is 5.71. The van der Waals surface area contributed by atoms with E-state index in [0.29, 0.717) is 13.0 Å². The molecule has 0 aliphatic carbocycles. The first-order valence-electron chi connectivity index (χ1n) is 5.80. The third-order valence-electron chi connectivity index (χ3n) is 3.06. The Morgan fingerprint density at radius 1 is 1.55 bits per heavy atom. The number of sulfonamides is 1. The molecule has 1 aliphatic rings. The topological polar surface area (TPSA) is 103 Å². The molecular weight excluding hydrogens is 308 g/mol. The first-order chi connectivity index (χ1) is 8.86. The molecule has 114 valence electrons. The highest BCUT2D eigenvalue weighted by molar-refractivity contribution is 7.89. The van der Waals surface area contributed by atoms with E-state index in [9.17, 15) is 13.2 Å². The van der Waals surface area contributed by atoms with Gasteiger partial charge in [0.15, 0.2) is 0 Å². The monoisotopic (exact) mass is 324 g/mol. The molecule has 20 heavy (non-hydrogen) atoms. The van der Waals surface area contributed by atoms with E-state index in [-0.39, 0.29) is 41.4 Å². The highest BCUT2D eigenvalue weighted by atomic mass is 35.5. The first kappa shape index (κ1) is 17.0. The lowest BCUT2D eigenvalue weighted by Crippen LogP contribution is -2.32. The summed E-state index contributed by atoms with van der Waals surface area (Å²) in [5, 5.41) is 0. The second-order valence-corrected chi connectivity index (χ2v) is 6.34. The second kappa shape index (κ2) is 6.13. The van der Waals surface area contributed by atoms with Crippen LogP contribution in [0.3, 0.4) is 0 Å². The highest BCUT2D eigenvalue weighted by Gasteiger charge is 2.34. The predicted molar refractivity (Wildman–Crippen MR) is 73.4 cm³/mol. The molecule has 0 saturated carbocycles. The Bertz CT molecular complexity index is 598. The number of aryl methyl sites for hydroxylation is 1. The predicted octanol–water partition coefficient (Wildman–Crippen LogP) is 0.518. The van der Waals surface area contributed by atoms with Crippen LogP contribution in [0.1, 0.15) is 22.7 Å². The molecule has 7 nitrogen and oxygen atoms in total. The molecule has 1 atom stereocenters. The summed E-state index contributed by atoms with van der Waals surface area (Å²) in [5.74, 6) is -0.661. The standard InChI is InChI=1S/C11H16N2O5S.ClH/c1-7-10(5-9(18-7)11(14)17-2)19(15,16)13-4-3-8(12)6-13;/h5,8H,3-4,6,12H2,1-2H3;1H/t8-;/m1./s1. The van der Waals surface area contributed by atoms with E-state index in [2.05, 4.69) is 4.74 Å². The average molecular weight is 325 g/mol. The molecule has 1 aromatic heterocycles. The molecular formula is C11H17ClN2O5S. The molecule has 0 aromatic carbocycles. The molecule has 9 heteroatoms. The van der Waals surface area contributed by atoms with Crippen LogP contribution in [0.4, 0.5) is 0 Å². The Hall–Kier alpha value is -1.09. The van der Waals surface area contributed by atoms with Gasteiger partial charge in [-0.15, -0.1) is 12.4 Å². The largest absolute Gasteiger partial charge is 0.463 e. The van der Waals surface area contributed by atoms with E-state index < -0.39 is 16.0 Å². The number of hydrogen-bond acceptors (Lipinski definition) is 6. The van der Waals surface area contributed by atoms with Crippen LogP contribution in [-0.2, 0) is 14.8 Å². The van der Waals surface area contributed by atoms with Crippen molar-refractivity contribution in [3.05, 3.63) is 17.6 Å². The number of methoxy groups -OCH3 is 1. The quantitative estimate of drug-likeness (QED) is 0.813. The number of halogens is 1. The van der Waals surface area contributed by atoms with Crippen LogP contribution in [-0.4, -0.2) is 44.9 Å². The number of esters is 1. The summed E-state index contributed by atoms with van der Waals surface area (Å²) >= 11 is 0. The Morgan fingerprint density at radius 2 is 2.20 bits per heavy atom. The molecule has 2 N–H and O–H groups in total. The molecule has 0 radical (unpaired) electrons. The van der Waals surface area contributed by atoms with Crippen molar-refractivity contribution in [3.8, 4) is 0 Å². The number of furan rings is 1. The van der Waals surface area contributed by atoms with Gasteiger partial charge < -0.3 is 14.9 Å². The zero-order valence-corrected chi connectivity index (χ0v) is 12.8. The Balaban J connectivity index is 0.00000200. The van der Waals surface area contributed by atoms with Crippen LogP contribution in [0.5, 0.6) is 0 Å². The van der Waals surface area contributed by atoms with Crippen molar-refractivity contribution >= 4 is 28.4 Å². The molecule has 1 aliphatic heterocycles. The maximum Gasteiger partial charge on any atom is 0.373 e. The number of ether oxygens (including phenoxy) is 1. The highest BCUT2D eigenvalue weighted by Crippen LogP contribution is 2.26. The number of rotatable bonds is 3. The second-order valence-electron chi connectivity index (χ2n) is 4.43. The smallest absolute Gasteiger partial charge is 0.373 e. The van der Waals surface area contributed by atoms with Gasteiger partial charge >= 0.3 is 5.97 Å². The van der Waals surface area contributed by atoms with Gasteiger partial charge in [-0.3, -0.25) is 0 Å². The number of nitrogens with two attached hydrogens (primary N) is 1. The van der Waals surface area contributed by atoms with E-state index in [1.54, 1.807) is 0 Å². The van der Waals surface area contributed by atoms with Crippen molar-refractivity contribution in [2.75, 3.05) is 20.2 Å². The molecule has 1 saturated heterocycles. The number of hydrogen-bond donors (Lipinski definition) is 1. The van der Waals surface area contributed by atoms with Crippen LogP contribution >= 0.6 is 12.4 Å². The molecule has 0 bridgehead atoms. The SMILES string of the molecule is COC(=O)c1cc(S(=O)(=O)N2CC[C@@H](N)C2)c(C)o1.Cl. The summed E-state index contributed by atoms with van der Waals surface area (Å²) in [6.07, 6.45) is 0.625. The lowest BCUT2D eigenvalue weighted by Gasteiger charge is -2.14. The van der Waals surface area contributed by atoms with Gasteiger partial charge in [-0.2, -0.15) is 4.31 Å². The molecule has 0 spiro atoms. The van der Waals surface area contributed by atoms with E-state index in [1.807, 2.05) is 0 Å². The minimum Gasteiger partial charge on any atom is -0.463 e. The van der Waals surface area contributed by atoms with E-state index in [0.717, 1.165) is 0 Å². The van der Waals surface area contributed by atoms with Crippen molar-refractivity contribution in [3.63, 3.8) is 0 Å². The van der Waals surface area contributed by atoms with Crippen molar-refractivity contribution < 1.29 is 22.4 Å². The van der Waals surface area contributed by atoms with Gasteiger partial charge in [-0.25, -0.2) is 13.2 Å². The van der Waals surface area contributed by atoms with Crippen LogP contribution in [0.2, 0.25) is 0 Å². The lowest BCUT2D eigenvalue weighted by molar-refractivity contribution is 0.0563. The Morgan fingerprint density at radius 3 is 2.70 bits per heavy atom. The summed E-state index contributed by atoms with van der Waals surface area (Å²) < 4.78 is 35.7. The molecule has 0 amide bonds. The van der Waals surface area contributed by atoms with Gasteiger partial charge in [0.25, 0.3) is 0 Å². The van der Waals surface area contributed by atoms with E-state index in [4.69, 9.17) is 10.2 Å². The zero-order chi connectivity index (χ0) is 14.2. The van der Waals surface area contributed by atoms with E-state index >= 15 is 0 Å². The fourth-order valence-electron chi connectivity index (χ4n) is 2.03. The van der Waals surface area contributed by atoms with Gasteiger partial charge in [-0.05, 0) is 13.3 Å². The van der Waals surface area contributed by atoms with Gasteiger partial charge in [0.05, 0.1) is 7.11 Å². The van der Waals surface area contributed by atoms with Crippen LogP contribution < -0.4 is 5.73 Å². The fourth-order valence-corrected chi connectivity index (χ4v) is 3.71. The molecule has 1 fully saturated rings. The number of carbonyl (C=O) groups excluding carboxylic acids is 1. The summed E-state index contributed by atoms with van der Waals surface area (Å²) in [7, 11) is -2.47. The summed E-state index contributed by atoms with van der Waals surface area (Å²) in [6, 6.07) is 1.04. The molecule has 1 aromatic rings. The minimum absolute atomic E-state index is 0. The van der Waals surface area contributed by atoms with Crippen LogP contribution in [0, 0.1) is 6.92 Å². The van der Waals surface area contributed by atoms with Gasteiger partial charge in [0, 0.05) is 25.2 Å². The third-order valence-corrected chi connectivity index (χ3v) is 5.04. The maximum atomic E-state index is 12.4. The Kier molecular flexibility index (Phi) is 5.20. The van der Waals surface area contributed by atoms with E-state index in [1.165, 1.54) is 24.4 Å². The number of nitrogens with zero attached hydrogens (tertiary/aromatic N) is 1. The maximum absolute atomic E-state index is 12.4. The normalized spacial score (nSPS) is 19.6. The van der Waals surface area contributed by atoms with Crippen LogP contribution in [0.25, 0.3) is 0 Å². The minimum atomic E-state index is -3.67.